The van der Waals surface area contributed by atoms with Gasteiger partial charge in [0.25, 0.3) is 0 Å². The van der Waals surface area contributed by atoms with Crippen molar-refractivity contribution < 1.29 is 4.79 Å². The molecule has 23 heavy (non-hydrogen) atoms. The van der Waals surface area contributed by atoms with Crippen LogP contribution in [0.5, 0.6) is 0 Å². The number of anilines is 1. The van der Waals surface area contributed by atoms with Gasteiger partial charge in [-0.1, -0.05) is 18.2 Å². The summed E-state index contributed by atoms with van der Waals surface area (Å²) < 4.78 is 0. The molecule has 2 heterocycles. The molecule has 4 nitrogen and oxygen atoms in total. The van der Waals surface area contributed by atoms with E-state index in [0.29, 0.717) is 18.2 Å². The number of pyridine rings is 1. The van der Waals surface area contributed by atoms with Crippen molar-refractivity contribution in [2.75, 3.05) is 18.4 Å². The number of para-hydroxylation sites is 1. The summed E-state index contributed by atoms with van der Waals surface area (Å²) in [5, 5.41) is 7.34. The molecule has 1 aromatic carbocycles. The van der Waals surface area contributed by atoms with Crippen LogP contribution in [0.15, 0.2) is 36.4 Å². The lowest BCUT2D eigenvalue weighted by Crippen LogP contribution is -2.28. The summed E-state index contributed by atoms with van der Waals surface area (Å²) in [5.74, 6) is 1.39. The topological polar surface area (TPSA) is 54.0 Å². The zero-order chi connectivity index (χ0) is 14.5. The number of amides is 1. The van der Waals surface area contributed by atoms with Crippen LogP contribution in [0.2, 0.25) is 0 Å². The number of hydrogen-bond acceptors (Lipinski definition) is 3. The van der Waals surface area contributed by atoms with Crippen molar-refractivity contribution in [3.8, 4) is 0 Å². The van der Waals surface area contributed by atoms with E-state index < -0.39 is 0 Å². The molecule has 3 rings (SSSR count). The van der Waals surface area contributed by atoms with Crippen LogP contribution in [-0.2, 0) is 4.79 Å². The quantitative estimate of drug-likeness (QED) is 0.876. The number of fused-ring (bicyclic) bond motifs is 1. The van der Waals surface area contributed by atoms with Crippen LogP contribution in [0.4, 0.5) is 5.82 Å². The van der Waals surface area contributed by atoms with Gasteiger partial charge in [-0.05, 0) is 56.5 Å². The summed E-state index contributed by atoms with van der Waals surface area (Å²) in [6.07, 6.45) is 3.92. The van der Waals surface area contributed by atoms with Gasteiger partial charge < -0.3 is 10.6 Å². The highest BCUT2D eigenvalue weighted by atomic mass is 35.5. The van der Waals surface area contributed by atoms with E-state index in [1.54, 1.807) is 0 Å². The molecule has 1 fully saturated rings. The smallest absolute Gasteiger partial charge is 0.225 e. The van der Waals surface area contributed by atoms with E-state index in [0.717, 1.165) is 30.4 Å². The van der Waals surface area contributed by atoms with E-state index in [9.17, 15) is 4.79 Å². The minimum atomic E-state index is 0. The maximum atomic E-state index is 12.0. The normalized spacial score (nSPS) is 14.6. The van der Waals surface area contributed by atoms with E-state index >= 15 is 0 Å². The van der Waals surface area contributed by atoms with Gasteiger partial charge in [0.2, 0.25) is 5.91 Å². The molecule has 1 amide bonds. The van der Waals surface area contributed by atoms with Gasteiger partial charge in [-0.3, -0.25) is 4.79 Å². The minimum Gasteiger partial charge on any atom is -0.317 e. The monoisotopic (exact) mass is 355 g/mol. The third-order valence-corrected chi connectivity index (χ3v) is 4.10. The second-order valence-electron chi connectivity index (χ2n) is 5.67. The van der Waals surface area contributed by atoms with Gasteiger partial charge >= 0.3 is 0 Å². The van der Waals surface area contributed by atoms with E-state index in [2.05, 4.69) is 15.6 Å². The second kappa shape index (κ2) is 9.71. The number of carbonyl (C=O) groups is 1. The lowest BCUT2D eigenvalue weighted by Gasteiger charge is -2.22. The maximum Gasteiger partial charge on any atom is 0.225 e. The highest BCUT2D eigenvalue weighted by molar-refractivity contribution is 5.91. The molecule has 1 aliphatic rings. The zero-order valence-corrected chi connectivity index (χ0v) is 14.6. The number of nitrogens with zero attached hydrogens (tertiary/aromatic N) is 1. The molecule has 0 aliphatic carbocycles. The van der Waals surface area contributed by atoms with Gasteiger partial charge in [-0.25, -0.2) is 4.98 Å². The Morgan fingerprint density at radius 2 is 1.87 bits per heavy atom. The summed E-state index contributed by atoms with van der Waals surface area (Å²) in [6.45, 7) is 2.16. The van der Waals surface area contributed by atoms with Crippen molar-refractivity contribution in [2.45, 2.75) is 25.7 Å². The van der Waals surface area contributed by atoms with E-state index in [4.69, 9.17) is 0 Å². The lowest BCUT2D eigenvalue weighted by molar-refractivity contribution is -0.116. The molecule has 0 radical (unpaired) electrons. The van der Waals surface area contributed by atoms with Gasteiger partial charge in [0.05, 0.1) is 5.52 Å². The lowest BCUT2D eigenvalue weighted by atomic mass is 9.93. The first-order valence-corrected chi connectivity index (χ1v) is 7.67. The fourth-order valence-electron chi connectivity index (χ4n) is 2.85. The van der Waals surface area contributed by atoms with E-state index in [1.807, 2.05) is 36.4 Å². The number of nitrogens with one attached hydrogen (secondary N) is 2. The zero-order valence-electron chi connectivity index (χ0n) is 13.0. The summed E-state index contributed by atoms with van der Waals surface area (Å²) in [4.78, 5) is 16.5. The first kappa shape index (κ1) is 19.7. The van der Waals surface area contributed by atoms with Crippen molar-refractivity contribution in [2.24, 2.45) is 5.92 Å². The van der Waals surface area contributed by atoms with Gasteiger partial charge in [0.15, 0.2) is 0 Å². The molecule has 1 saturated heterocycles. The van der Waals surface area contributed by atoms with Crippen LogP contribution in [-0.4, -0.2) is 24.0 Å². The Bertz CT molecular complexity index is 630. The third kappa shape index (κ3) is 5.65. The molecule has 0 atom stereocenters. The average molecular weight is 356 g/mol. The molecule has 0 unspecified atom stereocenters. The van der Waals surface area contributed by atoms with Crippen LogP contribution in [0.1, 0.15) is 25.7 Å². The number of rotatable bonds is 4. The van der Waals surface area contributed by atoms with Crippen LogP contribution < -0.4 is 10.6 Å². The fraction of sp³-hybridized carbons (Fsp3) is 0.412. The van der Waals surface area contributed by atoms with E-state index in [1.165, 1.54) is 12.8 Å². The minimum absolute atomic E-state index is 0. The Morgan fingerprint density at radius 3 is 2.65 bits per heavy atom. The first-order valence-electron chi connectivity index (χ1n) is 7.67. The van der Waals surface area contributed by atoms with Crippen LogP contribution in [0.3, 0.4) is 0 Å². The summed E-state index contributed by atoms with van der Waals surface area (Å²) in [6, 6.07) is 11.8. The molecule has 0 saturated carbocycles. The number of carbonyl (C=O) groups excluding carboxylic acids is 1. The number of halogens is 2. The molecular weight excluding hydrogens is 333 g/mol. The molecule has 2 N–H and O–H groups in total. The molecule has 6 heteroatoms. The average Bonchev–Trinajstić information content (AvgIpc) is 2.54. The highest BCUT2D eigenvalue weighted by Crippen LogP contribution is 2.19. The fourth-order valence-corrected chi connectivity index (χ4v) is 2.85. The van der Waals surface area contributed by atoms with Crippen LogP contribution in [0.25, 0.3) is 10.9 Å². The summed E-state index contributed by atoms with van der Waals surface area (Å²) >= 11 is 0. The number of aromatic nitrogens is 1. The van der Waals surface area contributed by atoms with Gasteiger partial charge in [-0.2, -0.15) is 0 Å². The van der Waals surface area contributed by atoms with Gasteiger partial charge in [-0.15, -0.1) is 24.8 Å². The van der Waals surface area contributed by atoms with Crippen LogP contribution >= 0.6 is 24.8 Å². The van der Waals surface area contributed by atoms with Crippen molar-refractivity contribution in [1.82, 2.24) is 10.3 Å². The predicted molar refractivity (Wildman–Crippen MR) is 99.7 cm³/mol. The Hall–Kier alpha value is -1.36. The summed E-state index contributed by atoms with van der Waals surface area (Å²) in [5.41, 5.74) is 0.911. The molecule has 126 valence electrons. The van der Waals surface area contributed by atoms with Crippen molar-refractivity contribution in [3.05, 3.63) is 36.4 Å². The van der Waals surface area contributed by atoms with Crippen molar-refractivity contribution >= 4 is 47.4 Å². The Balaban J connectivity index is 0.00000132. The molecule has 1 aromatic heterocycles. The molecular formula is C17H23Cl2N3O. The largest absolute Gasteiger partial charge is 0.317 e. The Labute approximate surface area is 149 Å². The maximum absolute atomic E-state index is 12.0. The van der Waals surface area contributed by atoms with E-state index in [-0.39, 0.29) is 30.7 Å². The number of piperidine rings is 1. The standard InChI is InChI=1S/C17H21N3O.2ClH/c21-17(8-5-13-9-11-18-12-10-13)20-16-7-6-14-3-1-2-4-15(14)19-16;;/h1-4,6-7,13,18H,5,8-12H2,(H,19,20,21);2*1H. The van der Waals surface area contributed by atoms with Crippen molar-refractivity contribution in [3.63, 3.8) is 0 Å². The molecule has 2 aromatic rings. The highest BCUT2D eigenvalue weighted by Gasteiger charge is 2.14. The van der Waals surface area contributed by atoms with Crippen LogP contribution in [0, 0.1) is 5.92 Å². The molecule has 0 bridgehead atoms. The number of hydrogen-bond donors (Lipinski definition) is 2. The third-order valence-electron chi connectivity index (χ3n) is 4.10. The SMILES string of the molecule is Cl.Cl.O=C(CCC1CCNCC1)Nc1ccc2ccccc2n1. The molecule has 0 spiro atoms. The first-order chi connectivity index (χ1) is 10.3. The van der Waals surface area contributed by atoms with Crippen molar-refractivity contribution in [1.29, 1.82) is 0 Å². The summed E-state index contributed by atoms with van der Waals surface area (Å²) in [7, 11) is 0. The van der Waals surface area contributed by atoms with Gasteiger partial charge in [0, 0.05) is 11.8 Å². The number of benzene rings is 1. The second-order valence-corrected chi connectivity index (χ2v) is 5.67. The predicted octanol–water partition coefficient (Wildman–Crippen LogP) is 3.80. The Morgan fingerprint density at radius 1 is 1.13 bits per heavy atom. The van der Waals surface area contributed by atoms with Gasteiger partial charge in [0.1, 0.15) is 5.82 Å². The Kier molecular flexibility index (Phi) is 8.31. The molecule has 1 aliphatic heterocycles.